The van der Waals surface area contributed by atoms with E-state index in [1.165, 1.54) is 12.8 Å². The molecule has 0 N–H and O–H groups in total. The quantitative estimate of drug-likeness (QED) is 0.653. The molecule has 2 aliphatic rings. The molecule has 1 heteroatoms. The molecule has 1 fully saturated rings. The molecular weight excluding hydrogens is 170 g/mol. The van der Waals surface area contributed by atoms with Gasteiger partial charge in [0.2, 0.25) is 0 Å². The predicted octanol–water partition coefficient (Wildman–Crippen LogP) is 2.59. The smallest absolute Gasteiger partial charge is 0.0164 e. The van der Waals surface area contributed by atoms with Crippen molar-refractivity contribution in [2.45, 2.75) is 30.7 Å². The molecule has 0 heterocycles. The fourth-order valence-corrected chi connectivity index (χ4v) is 3.39. The van der Waals surface area contributed by atoms with Crippen molar-refractivity contribution >= 4 is 0 Å². The molecule has 3 atom stereocenters. The highest BCUT2D eigenvalue weighted by Gasteiger charge is 2.44. The topological polar surface area (TPSA) is 3.24 Å². The highest BCUT2D eigenvalue weighted by Crippen LogP contribution is 2.53. The lowest BCUT2D eigenvalue weighted by atomic mass is 9.88. The van der Waals surface area contributed by atoms with Crippen molar-refractivity contribution in [3.8, 4) is 0 Å². The lowest BCUT2D eigenvalue weighted by Crippen LogP contribution is -2.31. The van der Waals surface area contributed by atoms with Gasteiger partial charge in [-0.1, -0.05) is 24.3 Å². The zero-order valence-corrected chi connectivity index (χ0v) is 8.90. The minimum absolute atomic E-state index is 0.787. The molecule has 1 nitrogen and oxygen atoms in total. The van der Waals surface area contributed by atoms with Crippen LogP contribution >= 0.6 is 0 Å². The minimum atomic E-state index is 0.787. The molecule has 0 saturated heterocycles. The van der Waals surface area contributed by atoms with Gasteiger partial charge in [-0.25, -0.2) is 0 Å². The summed E-state index contributed by atoms with van der Waals surface area (Å²) in [4.78, 5) is 2.40. The SMILES string of the molecule is CN(C)[C@H]1C[C@H]2C[C@@H]1c1ccccc12. The second-order valence-electron chi connectivity index (χ2n) is 4.93. The van der Waals surface area contributed by atoms with E-state index in [4.69, 9.17) is 0 Å². The van der Waals surface area contributed by atoms with Crippen LogP contribution in [0.15, 0.2) is 24.3 Å². The Kier molecular flexibility index (Phi) is 1.72. The molecule has 2 bridgehead atoms. The largest absolute Gasteiger partial charge is 0.306 e. The number of fused-ring (bicyclic) bond motifs is 5. The maximum Gasteiger partial charge on any atom is 0.0164 e. The van der Waals surface area contributed by atoms with Crippen LogP contribution in [0.5, 0.6) is 0 Å². The van der Waals surface area contributed by atoms with E-state index in [1.807, 2.05) is 0 Å². The molecule has 0 amide bonds. The van der Waals surface area contributed by atoms with Gasteiger partial charge in [0.1, 0.15) is 0 Å². The Morgan fingerprint density at radius 3 is 2.50 bits per heavy atom. The molecular formula is C13H17N. The number of likely N-dealkylation sites (N-methyl/N-ethyl adjacent to an activating group) is 1. The van der Waals surface area contributed by atoms with E-state index in [9.17, 15) is 0 Å². The van der Waals surface area contributed by atoms with Gasteiger partial charge in [0.05, 0.1) is 0 Å². The van der Waals surface area contributed by atoms with Crippen molar-refractivity contribution in [1.29, 1.82) is 0 Å². The highest BCUT2D eigenvalue weighted by molar-refractivity contribution is 5.42. The molecule has 1 aromatic rings. The van der Waals surface area contributed by atoms with E-state index in [0.29, 0.717) is 0 Å². The Hall–Kier alpha value is -0.820. The van der Waals surface area contributed by atoms with Gasteiger partial charge >= 0.3 is 0 Å². The second kappa shape index (κ2) is 2.83. The Morgan fingerprint density at radius 1 is 1.07 bits per heavy atom. The Balaban J connectivity index is 2.02. The maximum atomic E-state index is 2.40. The average Bonchev–Trinajstić information content (AvgIpc) is 2.75. The summed E-state index contributed by atoms with van der Waals surface area (Å²) in [7, 11) is 4.43. The van der Waals surface area contributed by atoms with Crippen LogP contribution < -0.4 is 0 Å². The molecule has 74 valence electrons. The van der Waals surface area contributed by atoms with E-state index < -0.39 is 0 Å². The summed E-state index contributed by atoms with van der Waals surface area (Å²) in [6, 6.07) is 9.81. The number of hydrogen-bond acceptors (Lipinski definition) is 1. The van der Waals surface area contributed by atoms with E-state index in [-0.39, 0.29) is 0 Å². The minimum Gasteiger partial charge on any atom is -0.306 e. The van der Waals surface area contributed by atoms with Gasteiger partial charge in [0.15, 0.2) is 0 Å². The molecule has 14 heavy (non-hydrogen) atoms. The molecule has 3 rings (SSSR count). The highest BCUT2D eigenvalue weighted by atomic mass is 15.1. The van der Waals surface area contributed by atoms with E-state index in [1.54, 1.807) is 11.1 Å². The summed E-state index contributed by atoms with van der Waals surface area (Å²) in [5, 5.41) is 0. The Bertz CT molecular complexity index is 356. The van der Waals surface area contributed by atoms with Crippen LogP contribution in [0.3, 0.4) is 0 Å². The Morgan fingerprint density at radius 2 is 1.79 bits per heavy atom. The van der Waals surface area contributed by atoms with Crippen molar-refractivity contribution < 1.29 is 0 Å². The first kappa shape index (κ1) is 8.49. The van der Waals surface area contributed by atoms with Crippen molar-refractivity contribution in [2.75, 3.05) is 14.1 Å². The molecule has 0 radical (unpaired) electrons. The van der Waals surface area contributed by atoms with Crippen LogP contribution in [-0.4, -0.2) is 25.0 Å². The van der Waals surface area contributed by atoms with Crippen molar-refractivity contribution in [1.82, 2.24) is 4.90 Å². The summed E-state index contributed by atoms with van der Waals surface area (Å²) in [5.41, 5.74) is 3.26. The van der Waals surface area contributed by atoms with Gasteiger partial charge in [-0.2, -0.15) is 0 Å². The van der Waals surface area contributed by atoms with Gasteiger partial charge in [-0.3, -0.25) is 0 Å². The predicted molar refractivity (Wildman–Crippen MR) is 58.6 cm³/mol. The summed E-state index contributed by atoms with van der Waals surface area (Å²) >= 11 is 0. The molecule has 0 spiro atoms. The molecule has 0 aliphatic heterocycles. The number of benzene rings is 1. The van der Waals surface area contributed by atoms with Crippen LogP contribution in [0.25, 0.3) is 0 Å². The lowest BCUT2D eigenvalue weighted by Gasteiger charge is -2.29. The number of hydrogen-bond donors (Lipinski definition) is 0. The van der Waals surface area contributed by atoms with Gasteiger partial charge in [0.25, 0.3) is 0 Å². The van der Waals surface area contributed by atoms with Gasteiger partial charge < -0.3 is 4.90 Å². The first-order valence-electron chi connectivity index (χ1n) is 5.52. The summed E-state index contributed by atoms with van der Waals surface area (Å²) < 4.78 is 0. The van der Waals surface area contributed by atoms with E-state index in [0.717, 1.165) is 17.9 Å². The standard InChI is InChI=1S/C13H17N/c1-14(2)13-8-9-7-12(13)11-6-4-3-5-10(9)11/h3-6,9,12-13H,7-8H2,1-2H3/t9-,12-,13+/m1/s1. The maximum absolute atomic E-state index is 2.40. The molecule has 1 aromatic carbocycles. The monoisotopic (exact) mass is 187 g/mol. The third-order valence-electron chi connectivity index (χ3n) is 4.03. The van der Waals surface area contributed by atoms with E-state index >= 15 is 0 Å². The lowest BCUT2D eigenvalue weighted by molar-refractivity contribution is 0.269. The van der Waals surface area contributed by atoms with E-state index in [2.05, 4.69) is 43.3 Å². The summed E-state index contributed by atoms with van der Waals surface area (Å²) in [6.07, 6.45) is 2.76. The second-order valence-corrected chi connectivity index (χ2v) is 4.93. The fourth-order valence-electron chi connectivity index (χ4n) is 3.39. The molecule has 0 aromatic heterocycles. The summed E-state index contributed by atoms with van der Waals surface area (Å²) in [6.45, 7) is 0. The zero-order valence-electron chi connectivity index (χ0n) is 8.90. The van der Waals surface area contributed by atoms with Gasteiger partial charge in [0, 0.05) is 12.0 Å². The van der Waals surface area contributed by atoms with Gasteiger partial charge in [-0.05, 0) is 44.0 Å². The average molecular weight is 187 g/mol. The molecule has 2 aliphatic carbocycles. The summed E-state index contributed by atoms with van der Waals surface area (Å²) in [5.74, 6) is 1.66. The van der Waals surface area contributed by atoms with Crippen molar-refractivity contribution in [3.63, 3.8) is 0 Å². The number of rotatable bonds is 1. The first-order valence-corrected chi connectivity index (χ1v) is 5.52. The third kappa shape index (κ3) is 0.992. The van der Waals surface area contributed by atoms with Crippen LogP contribution in [-0.2, 0) is 0 Å². The normalized spacial score (nSPS) is 33.8. The molecule has 0 unspecified atom stereocenters. The van der Waals surface area contributed by atoms with Crippen LogP contribution in [0.2, 0.25) is 0 Å². The van der Waals surface area contributed by atoms with Crippen LogP contribution in [0.1, 0.15) is 35.8 Å². The van der Waals surface area contributed by atoms with Crippen molar-refractivity contribution in [2.24, 2.45) is 0 Å². The Labute approximate surface area is 85.7 Å². The van der Waals surface area contributed by atoms with Crippen LogP contribution in [0.4, 0.5) is 0 Å². The van der Waals surface area contributed by atoms with Crippen molar-refractivity contribution in [3.05, 3.63) is 35.4 Å². The van der Waals surface area contributed by atoms with Gasteiger partial charge in [-0.15, -0.1) is 0 Å². The van der Waals surface area contributed by atoms with Crippen LogP contribution in [0, 0.1) is 0 Å². The molecule has 1 saturated carbocycles. The zero-order chi connectivity index (χ0) is 9.71. The number of nitrogens with zero attached hydrogens (tertiary/aromatic N) is 1. The first-order chi connectivity index (χ1) is 6.77. The fraction of sp³-hybridized carbons (Fsp3) is 0.538. The third-order valence-corrected chi connectivity index (χ3v) is 4.03.